The third kappa shape index (κ3) is 5.99. The van der Waals surface area contributed by atoms with Crippen LogP contribution in [0.1, 0.15) is 12.0 Å². The largest absolute Gasteiger partial charge is 0.474 e. The van der Waals surface area contributed by atoms with Crippen LogP contribution in [0.5, 0.6) is 0 Å². The molecule has 116 valence electrons. The maximum absolute atomic E-state index is 4.95. The molecule has 21 heavy (non-hydrogen) atoms. The summed E-state index contributed by atoms with van der Waals surface area (Å²) in [6.45, 7) is 7.69. The fourth-order valence-electron chi connectivity index (χ4n) is 2.58. The van der Waals surface area contributed by atoms with Crippen LogP contribution < -0.4 is 5.32 Å². The molecule has 1 aromatic rings. The molecule has 0 saturated carbocycles. The summed E-state index contributed by atoms with van der Waals surface area (Å²) in [5.74, 6) is 0. The van der Waals surface area contributed by atoms with Crippen molar-refractivity contribution >= 4 is 17.4 Å². The van der Waals surface area contributed by atoms with Gasteiger partial charge in [0.15, 0.2) is 0 Å². The average Bonchev–Trinajstić information content (AvgIpc) is 2.54. The second kappa shape index (κ2) is 8.97. The highest BCUT2D eigenvalue weighted by atomic mass is 32.1. The highest BCUT2D eigenvalue weighted by Crippen LogP contribution is 2.08. The van der Waals surface area contributed by atoms with Crippen molar-refractivity contribution in [1.29, 1.82) is 0 Å². The second-order valence-electron chi connectivity index (χ2n) is 5.38. The molecule has 0 amide bonds. The fraction of sp³-hybridized carbons (Fsp3) is 0.562. The number of nitrogens with zero attached hydrogens (tertiary/aromatic N) is 2. The monoisotopic (exact) mass is 307 g/mol. The Labute approximate surface area is 133 Å². The Balaban J connectivity index is 1.59. The molecule has 5 heteroatoms. The standard InChI is InChI=1S/C16H25N3OS/c1-20-16(21)17-8-5-9-18-10-12-19(13-11-18)14-15-6-3-2-4-7-15/h2-4,6-7H,5,8-14H2,1H3,(H,17,21). The minimum absolute atomic E-state index is 0.489. The van der Waals surface area contributed by atoms with Crippen LogP contribution in [0, 0.1) is 0 Å². The van der Waals surface area contributed by atoms with E-state index in [4.69, 9.17) is 17.0 Å². The molecule has 1 saturated heterocycles. The molecule has 0 bridgehead atoms. The van der Waals surface area contributed by atoms with Crippen molar-refractivity contribution in [3.05, 3.63) is 35.9 Å². The number of nitrogens with one attached hydrogen (secondary N) is 1. The lowest BCUT2D eigenvalue weighted by Crippen LogP contribution is -2.46. The molecule has 1 aromatic carbocycles. The smallest absolute Gasteiger partial charge is 0.256 e. The zero-order chi connectivity index (χ0) is 14.9. The lowest BCUT2D eigenvalue weighted by Gasteiger charge is -2.34. The molecule has 0 radical (unpaired) electrons. The summed E-state index contributed by atoms with van der Waals surface area (Å²) in [6, 6.07) is 10.7. The summed E-state index contributed by atoms with van der Waals surface area (Å²) in [5.41, 5.74) is 1.41. The zero-order valence-electron chi connectivity index (χ0n) is 12.8. The van der Waals surface area contributed by atoms with E-state index >= 15 is 0 Å². The summed E-state index contributed by atoms with van der Waals surface area (Å²) in [4.78, 5) is 5.06. The second-order valence-corrected chi connectivity index (χ2v) is 5.75. The molecular formula is C16H25N3OS. The van der Waals surface area contributed by atoms with Gasteiger partial charge in [-0.2, -0.15) is 0 Å². The highest BCUT2D eigenvalue weighted by molar-refractivity contribution is 7.80. The van der Waals surface area contributed by atoms with Gasteiger partial charge in [-0.05, 0) is 30.7 Å². The first-order valence-electron chi connectivity index (χ1n) is 7.58. The molecule has 1 N–H and O–H groups in total. The van der Waals surface area contributed by atoms with Gasteiger partial charge in [-0.25, -0.2) is 0 Å². The van der Waals surface area contributed by atoms with Crippen LogP contribution in [0.4, 0.5) is 0 Å². The van der Waals surface area contributed by atoms with Crippen LogP contribution >= 0.6 is 12.2 Å². The third-order valence-electron chi connectivity index (χ3n) is 3.82. The zero-order valence-corrected chi connectivity index (χ0v) is 13.6. The average molecular weight is 307 g/mol. The van der Waals surface area contributed by atoms with Crippen LogP contribution in [0.15, 0.2) is 30.3 Å². The van der Waals surface area contributed by atoms with E-state index in [-0.39, 0.29) is 0 Å². The molecule has 4 nitrogen and oxygen atoms in total. The molecule has 0 unspecified atom stereocenters. The maximum atomic E-state index is 4.95. The summed E-state index contributed by atoms with van der Waals surface area (Å²) in [5, 5.41) is 3.57. The van der Waals surface area contributed by atoms with Crippen molar-refractivity contribution in [2.45, 2.75) is 13.0 Å². The van der Waals surface area contributed by atoms with Crippen molar-refractivity contribution in [1.82, 2.24) is 15.1 Å². The molecule has 1 aliphatic heterocycles. The molecule has 0 spiro atoms. The van der Waals surface area contributed by atoms with Crippen LogP contribution in [-0.4, -0.2) is 61.4 Å². The Morgan fingerprint density at radius 1 is 1.14 bits per heavy atom. The minimum Gasteiger partial charge on any atom is -0.474 e. The Kier molecular flexibility index (Phi) is 6.92. The van der Waals surface area contributed by atoms with Crippen LogP contribution in [0.25, 0.3) is 0 Å². The van der Waals surface area contributed by atoms with Gasteiger partial charge in [0, 0.05) is 39.3 Å². The van der Waals surface area contributed by atoms with Crippen molar-refractivity contribution < 1.29 is 4.74 Å². The molecule has 1 fully saturated rings. The van der Waals surface area contributed by atoms with Crippen LogP contribution in [0.3, 0.4) is 0 Å². The predicted octanol–water partition coefficient (Wildman–Crippen LogP) is 1.72. The normalized spacial score (nSPS) is 16.6. The van der Waals surface area contributed by atoms with Gasteiger partial charge in [0.2, 0.25) is 0 Å². The molecule has 0 aromatic heterocycles. The van der Waals surface area contributed by atoms with Gasteiger partial charge in [-0.15, -0.1) is 0 Å². The Morgan fingerprint density at radius 2 is 1.81 bits per heavy atom. The van der Waals surface area contributed by atoms with E-state index in [0.29, 0.717) is 5.17 Å². The molecule has 0 atom stereocenters. The first kappa shape index (κ1) is 16.2. The first-order chi connectivity index (χ1) is 10.3. The fourth-order valence-corrected chi connectivity index (χ4v) is 2.68. The Hall–Kier alpha value is -1.17. The highest BCUT2D eigenvalue weighted by Gasteiger charge is 2.16. The summed E-state index contributed by atoms with van der Waals surface area (Å²) >= 11 is 4.95. The molecule has 0 aliphatic carbocycles. The number of benzene rings is 1. The lowest BCUT2D eigenvalue weighted by atomic mass is 10.2. The number of methoxy groups -OCH3 is 1. The quantitative estimate of drug-likeness (QED) is 0.638. The van der Waals surface area contributed by atoms with E-state index in [1.807, 2.05) is 0 Å². The van der Waals surface area contributed by atoms with E-state index in [1.54, 1.807) is 7.11 Å². The SMILES string of the molecule is COC(=S)NCCCN1CCN(Cc2ccccc2)CC1. The number of hydrogen-bond acceptors (Lipinski definition) is 4. The van der Waals surface area contributed by atoms with Gasteiger partial charge in [-0.3, -0.25) is 4.90 Å². The molecule has 1 aliphatic rings. The van der Waals surface area contributed by atoms with E-state index in [9.17, 15) is 0 Å². The van der Waals surface area contributed by atoms with E-state index in [2.05, 4.69) is 45.4 Å². The van der Waals surface area contributed by atoms with Crippen LogP contribution in [-0.2, 0) is 11.3 Å². The summed E-state index contributed by atoms with van der Waals surface area (Å²) < 4.78 is 4.91. The topological polar surface area (TPSA) is 27.7 Å². The van der Waals surface area contributed by atoms with E-state index in [0.717, 1.165) is 52.2 Å². The van der Waals surface area contributed by atoms with Gasteiger partial charge in [0.05, 0.1) is 7.11 Å². The Bertz CT molecular complexity index is 419. The van der Waals surface area contributed by atoms with E-state index in [1.165, 1.54) is 5.56 Å². The predicted molar refractivity (Wildman–Crippen MR) is 90.4 cm³/mol. The van der Waals surface area contributed by atoms with Crippen molar-refractivity contribution in [3.8, 4) is 0 Å². The van der Waals surface area contributed by atoms with Gasteiger partial charge >= 0.3 is 0 Å². The number of rotatable bonds is 6. The van der Waals surface area contributed by atoms with Crippen molar-refractivity contribution in [2.75, 3.05) is 46.4 Å². The summed E-state index contributed by atoms with van der Waals surface area (Å²) in [7, 11) is 1.60. The molecule has 1 heterocycles. The summed E-state index contributed by atoms with van der Waals surface area (Å²) in [6.07, 6.45) is 1.10. The lowest BCUT2D eigenvalue weighted by molar-refractivity contribution is 0.126. The number of thiocarbonyl (C=S) groups is 1. The first-order valence-corrected chi connectivity index (χ1v) is 7.99. The van der Waals surface area contributed by atoms with Gasteiger partial charge in [-0.1, -0.05) is 30.3 Å². The van der Waals surface area contributed by atoms with Gasteiger partial charge in [0.25, 0.3) is 5.17 Å². The third-order valence-corrected chi connectivity index (χ3v) is 4.13. The molecular weight excluding hydrogens is 282 g/mol. The minimum atomic E-state index is 0.489. The number of piperazine rings is 1. The maximum Gasteiger partial charge on any atom is 0.256 e. The van der Waals surface area contributed by atoms with Crippen LogP contribution in [0.2, 0.25) is 0 Å². The van der Waals surface area contributed by atoms with Crippen molar-refractivity contribution in [3.63, 3.8) is 0 Å². The number of hydrogen-bond donors (Lipinski definition) is 1. The van der Waals surface area contributed by atoms with E-state index < -0.39 is 0 Å². The van der Waals surface area contributed by atoms with Gasteiger partial charge < -0.3 is 15.0 Å². The van der Waals surface area contributed by atoms with Gasteiger partial charge in [0.1, 0.15) is 0 Å². The Morgan fingerprint density at radius 3 is 2.48 bits per heavy atom. The molecule has 2 rings (SSSR count). The van der Waals surface area contributed by atoms with Crippen molar-refractivity contribution in [2.24, 2.45) is 0 Å². The number of ether oxygens (including phenoxy) is 1.